The van der Waals surface area contributed by atoms with Crippen LogP contribution in [0.25, 0.3) is 0 Å². The maximum absolute atomic E-state index is 12.7. The molecule has 1 atom stereocenters. The van der Waals surface area contributed by atoms with E-state index in [0.29, 0.717) is 18.2 Å². The summed E-state index contributed by atoms with van der Waals surface area (Å²) >= 11 is 0. The second-order valence-corrected chi connectivity index (χ2v) is 9.86. The van der Waals surface area contributed by atoms with Gasteiger partial charge in [0.1, 0.15) is 0 Å². The summed E-state index contributed by atoms with van der Waals surface area (Å²) in [6.07, 6.45) is 4.31. The third-order valence-corrected chi connectivity index (χ3v) is 7.45. The quantitative estimate of drug-likeness (QED) is 0.725. The highest BCUT2D eigenvalue weighted by Gasteiger charge is 2.22. The third-order valence-electron chi connectivity index (χ3n) is 5.48. The van der Waals surface area contributed by atoms with Gasteiger partial charge in [0, 0.05) is 18.3 Å². The highest BCUT2D eigenvalue weighted by Crippen LogP contribution is 2.22. The molecule has 3 rings (SSSR count). The Morgan fingerprint density at radius 1 is 1.10 bits per heavy atom. The summed E-state index contributed by atoms with van der Waals surface area (Å²) in [6.45, 7) is 6.13. The van der Waals surface area contributed by atoms with E-state index in [2.05, 4.69) is 17.1 Å². The number of hydrogen-bond donors (Lipinski definition) is 1. The Morgan fingerprint density at radius 2 is 1.83 bits per heavy atom. The molecule has 0 aromatic heterocycles. The Bertz CT molecular complexity index is 939. The third kappa shape index (κ3) is 5.46. The summed E-state index contributed by atoms with van der Waals surface area (Å²) in [5.74, 6) is -0.376. The first-order chi connectivity index (χ1) is 13.9. The van der Waals surface area contributed by atoms with Crippen LogP contribution in [0.2, 0.25) is 0 Å². The predicted molar refractivity (Wildman–Crippen MR) is 117 cm³/mol. The van der Waals surface area contributed by atoms with E-state index in [1.807, 2.05) is 31.2 Å². The number of hydrogen-bond acceptors (Lipinski definition) is 4. The molecule has 156 valence electrons. The summed E-state index contributed by atoms with van der Waals surface area (Å²) in [5.41, 5.74) is 2.06. The van der Waals surface area contributed by atoms with E-state index in [-0.39, 0.29) is 16.2 Å². The molecule has 1 heterocycles. The maximum Gasteiger partial charge on any atom is 0.256 e. The van der Waals surface area contributed by atoms with E-state index in [9.17, 15) is 13.2 Å². The number of amides is 1. The second kappa shape index (κ2) is 9.55. The molecular weight excluding hydrogens is 384 g/mol. The van der Waals surface area contributed by atoms with Crippen molar-refractivity contribution in [2.24, 2.45) is 0 Å². The summed E-state index contributed by atoms with van der Waals surface area (Å²) in [6, 6.07) is 14.8. The molecule has 0 aliphatic carbocycles. The topological polar surface area (TPSA) is 66.5 Å². The monoisotopic (exact) mass is 414 g/mol. The van der Waals surface area contributed by atoms with Crippen molar-refractivity contribution in [2.75, 3.05) is 17.6 Å². The number of nitrogens with zero attached hydrogens (tertiary/aromatic N) is 1. The first-order valence-corrected chi connectivity index (χ1v) is 12.0. The van der Waals surface area contributed by atoms with Crippen LogP contribution in [0.5, 0.6) is 0 Å². The van der Waals surface area contributed by atoms with Gasteiger partial charge >= 0.3 is 0 Å². The van der Waals surface area contributed by atoms with Gasteiger partial charge in [0.15, 0.2) is 9.84 Å². The summed E-state index contributed by atoms with van der Waals surface area (Å²) < 4.78 is 25.0. The van der Waals surface area contributed by atoms with Gasteiger partial charge in [0.2, 0.25) is 0 Å². The first kappa shape index (κ1) is 21.5. The molecule has 0 spiro atoms. The van der Waals surface area contributed by atoms with Crippen molar-refractivity contribution in [3.63, 3.8) is 0 Å². The summed E-state index contributed by atoms with van der Waals surface area (Å²) in [5, 5.41) is 2.84. The van der Waals surface area contributed by atoms with Gasteiger partial charge in [-0.2, -0.15) is 0 Å². The summed E-state index contributed by atoms with van der Waals surface area (Å²) in [4.78, 5) is 15.3. The number of likely N-dealkylation sites (tertiary alicyclic amines) is 1. The minimum Gasteiger partial charge on any atom is -0.322 e. The van der Waals surface area contributed by atoms with E-state index in [1.165, 1.54) is 30.9 Å². The van der Waals surface area contributed by atoms with Crippen LogP contribution in [-0.2, 0) is 16.4 Å². The van der Waals surface area contributed by atoms with E-state index in [1.54, 1.807) is 18.2 Å². The highest BCUT2D eigenvalue weighted by atomic mass is 32.2. The molecule has 1 aliphatic rings. The molecule has 0 radical (unpaired) electrons. The molecule has 0 bridgehead atoms. The lowest BCUT2D eigenvalue weighted by Gasteiger charge is -2.33. The fourth-order valence-electron chi connectivity index (χ4n) is 3.82. The predicted octanol–water partition coefficient (Wildman–Crippen LogP) is 4.50. The Labute approximate surface area is 174 Å². The number of carbonyl (C=O) groups is 1. The van der Waals surface area contributed by atoms with Gasteiger partial charge in [0.05, 0.1) is 16.2 Å². The van der Waals surface area contributed by atoms with Crippen molar-refractivity contribution < 1.29 is 13.2 Å². The molecule has 1 fully saturated rings. The Morgan fingerprint density at radius 3 is 2.52 bits per heavy atom. The highest BCUT2D eigenvalue weighted by molar-refractivity contribution is 7.91. The van der Waals surface area contributed by atoms with E-state index < -0.39 is 15.7 Å². The van der Waals surface area contributed by atoms with Crippen molar-refractivity contribution in [1.29, 1.82) is 0 Å². The number of anilines is 1. The van der Waals surface area contributed by atoms with E-state index >= 15 is 0 Å². The zero-order chi connectivity index (χ0) is 20.9. The lowest BCUT2D eigenvalue weighted by molar-refractivity contribution is 0.102. The molecule has 1 aliphatic heterocycles. The fourth-order valence-corrected chi connectivity index (χ4v) is 5.36. The Kier molecular flexibility index (Phi) is 7.09. The van der Waals surface area contributed by atoms with E-state index in [0.717, 1.165) is 13.1 Å². The molecule has 0 saturated carbocycles. The van der Waals surface area contributed by atoms with Crippen LogP contribution in [0.4, 0.5) is 5.69 Å². The van der Waals surface area contributed by atoms with Crippen molar-refractivity contribution in [3.8, 4) is 0 Å². The molecule has 6 heteroatoms. The molecule has 2 aromatic carbocycles. The molecule has 2 aromatic rings. The molecule has 29 heavy (non-hydrogen) atoms. The van der Waals surface area contributed by atoms with Crippen LogP contribution >= 0.6 is 0 Å². The Balaban J connectivity index is 1.70. The smallest absolute Gasteiger partial charge is 0.256 e. The van der Waals surface area contributed by atoms with Gasteiger partial charge in [-0.15, -0.1) is 0 Å². The number of carbonyl (C=O) groups excluding carboxylic acids is 1. The lowest BCUT2D eigenvalue weighted by atomic mass is 10.0. The van der Waals surface area contributed by atoms with Gasteiger partial charge in [-0.3, -0.25) is 9.69 Å². The molecule has 5 nitrogen and oxygen atoms in total. The summed E-state index contributed by atoms with van der Waals surface area (Å²) in [7, 11) is -3.47. The van der Waals surface area contributed by atoms with Crippen LogP contribution in [0, 0.1) is 0 Å². The average molecular weight is 415 g/mol. The standard InChI is InChI=1S/C23H30N2O3S/c1-3-16-29(27,28)22-10-5-4-9-21(22)23(26)24-20-13-11-19(12-14-20)17-25-15-7-6-8-18(25)2/h4-5,9-14,18H,3,6-8,15-17H2,1-2H3,(H,24,26). The van der Waals surface area contributed by atoms with Crippen molar-refractivity contribution in [1.82, 2.24) is 4.90 Å². The molecule has 1 saturated heterocycles. The number of rotatable bonds is 7. The molecule has 1 N–H and O–H groups in total. The molecular formula is C23H30N2O3S. The minimum absolute atomic E-state index is 0.0287. The van der Waals surface area contributed by atoms with Crippen LogP contribution in [0.3, 0.4) is 0 Å². The minimum atomic E-state index is -3.47. The fraction of sp³-hybridized carbons (Fsp3) is 0.435. The molecule has 1 amide bonds. The molecule has 1 unspecified atom stereocenters. The van der Waals surface area contributed by atoms with Crippen molar-refractivity contribution >= 4 is 21.4 Å². The van der Waals surface area contributed by atoms with Gasteiger partial charge < -0.3 is 5.32 Å². The van der Waals surface area contributed by atoms with Crippen molar-refractivity contribution in [3.05, 3.63) is 59.7 Å². The van der Waals surface area contributed by atoms with Crippen LogP contribution in [-0.4, -0.2) is 37.6 Å². The average Bonchev–Trinajstić information content (AvgIpc) is 2.71. The number of nitrogens with one attached hydrogen (secondary N) is 1. The zero-order valence-electron chi connectivity index (χ0n) is 17.2. The largest absolute Gasteiger partial charge is 0.322 e. The Hall–Kier alpha value is -2.18. The van der Waals surface area contributed by atoms with Crippen LogP contribution in [0.15, 0.2) is 53.4 Å². The van der Waals surface area contributed by atoms with Crippen molar-refractivity contribution in [2.45, 2.75) is 57.0 Å². The SMILES string of the molecule is CCCS(=O)(=O)c1ccccc1C(=O)Nc1ccc(CN2CCCCC2C)cc1. The van der Waals surface area contributed by atoms with Gasteiger partial charge in [0.25, 0.3) is 5.91 Å². The normalized spacial score (nSPS) is 17.8. The van der Waals surface area contributed by atoms with Gasteiger partial charge in [-0.25, -0.2) is 8.42 Å². The number of sulfone groups is 1. The van der Waals surface area contributed by atoms with E-state index in [4.69, 9.17) is 0 Å². The first-order valence-electron chi connectivity index (χ1n) is 10.4. The van der Waals surface area contributed by atoms with Gasteiger partial charge in [-0.05, 0) is 62.6 Å². The number of piperidine rings is 1. The zero-order valence-corrected chi connectivity index (χ0v) is 18.0. The number of benzene rings is 2. The lowest BCUT2D eigenvalue weighted by Crippen LogP contribution is -2.36. The maximum atomic E-state index is 12.7. The van der Waals surface area contributed by atoms with Crippen LogP contribution in [0.1, 0.15) is 55.5 Å². The second-order valence-electron chi connectivity index (χ2n) is 7.78. The van der Waals surface area contributed by atoms with Gasteiger partial charge in [-0.1, -0.05) is 37.6 Å². The van der Waals surface area contributed by atoms with Crippen LogP contribution < -0.4 is 5.32 Å².